The van der Waals surface area contributed by atoms with Crippen LogP contribution in [-0.2, 0) is 15.3 Å². The van der Waals surface area contributed by atoms with Gasteiger partial charge in [0.1, 0.15) is 5.01 Å². The molecule has 0 aliphatic carbocycles. The van der Waals surface area contributed by atoms with Crippen LogP contribution in [0.1, 0.15) is 34.6 Å². The van der Waals surface area contributed by atoms with Crippen molar-refractivity contribution in [2.75, 3.05) is 11.5 Å². The zero-order chi connectivity index (χ0) is 11.8. The van der Waals surface area contributed by atoms with E-state index in [2.05, 4.69) is 10.2 Å². The van der Waals surface area contributed by atoms with Crippen LogP contribution in [0, 0.1) is 0 Å². The highest BCUT2D eigenvalue weighted by atomic mass is 32.2. The molecule has 0 aromatic carbocycles. The molecule has 1 aromatic rings. The quantitative estimate of drug-likeness (QED) is 0.736. The Labute approximate surface area is 97.8 Å². The monoisotopic (exact) mass is 260 g/mol. The van der Waals surface area contributed by atoms with Gasteiger partial charge in [0.25, 0.3) is 0 Å². The minimum atomic E-state index is -2.99. The summed E-state index contributed by atoms with van der Waals surface area (Å²) in [7, 11) is -2.99. The maximum Gasteiger partial charge on any atom is 0.180 e. The van der Waals surface area contributed by atoms with E-state index in [1.807, 2.05) is 6.92 Å². The van der Waals surface area contributed by atoms with Crippen molar-refractivity contribution < 1.29 is 13.2 Å². The number of nitrogens with zero attached hydrogens (tertiary/aromatic N) is 2. The van der Waals surface area contributed by atoms with Crippen LogP contribution < -0.4 is 0 Å². The van der Waals surface area contributed by atoms with Gasteiger partial charge in [0.15, 0.2) is 21.1 Å². The third-order valence-electron chi connectivity index (χ3n) is 2.78. The predicted octanol–water partition coefficient (Wildman–Crippen LogP) is 0.817. The number of aldehydes is 1. The first-order valence-corrected chi connectivity index (χ1v) is 7.59. The van der Waals surface area contributed by atoms with Gasteiger partial charge in [0.05, 0.1) is 11.5 Å². The van der Waals surface area contributed by atoms with E-state index in [0.717, 1.165) is 6.42 Å². The number of carbonyl (C=O) groups excluding carboxylic acids is 1. The first-order valence-electron chi connectivity index (χ1n) is 4.95. The van der Waals surface area contributed by atoms with Crippen molar-refractivity contribution in [3.8, 4) is 0 Å². The maximum atomic E-state index is 11.6. The number of hydrogen-bond donors (Lipinski definition) is 0. The summed E-state index contributed by atoms with van der Waals surface area (Å²) in [6.45, 7) is 1.87. The molecule has 1 aliphatic rings. The molecule has 1 aliphatic heterocycles. The van der Waals surface area contributed by atoms with E-state index in [4.69, 9.17) is 0 Å². The zero-order valence-corrected chi connectivity index (χ0v) is 10.5. The Bertz CT molecular complexity index is 509. The van der Waals surface area contributed by atoms with E-state index >= 15 is 0 Å². The molecule has 1 saturated heterocycles. The fraction of sp³-hybridized carbons (Fsp3) is 0.667. The summed E-state index contributed by atoms with van der Waals surface area (Å²) in [6, 6.07) is 0. The Kier molecular flexibility index (Phi) is 2.83. The first kappa shape index (κ1) is 11.7. The number of sulfone groups is 1. The van der Waals surface area contributed by atoms with Crippen LogP contribution >= 0.6 is 11.3 Å². The molecular formula is C9H12N2O3S2. The van der Waals surface area contributed by atoms with Crippen molar-refractivity contribution in [2.24, 2.45) is 0 Å². The predicted molar refractivity (Wildman–Crippen MR) is 60.5 cm³/mol. The van der Waals surface area contributed by atoms with E-state index in [9.17, 15) is 13.2 Å². The summed E-state index contributed by atoms with van der Waals surface area (Å²) >= 11 is 1.18. The molecule has 0 radical (unpaired) electrons. The van der Waals surface area contributed by atoms with E-state index in [0.29, 0.717) is 22.7 Å². The van der Waals surface area contributed by atoms with Crippen molar-refractivity contribution in [2.45, 2.75) is 25.2 Å². The Balaban J connectivity index is 2.34. The third kappa shape index (κ3) is 2.15. The molecule has 0 bridgehead atoms. The molecule has 7 heteroatoms. The molecule has 2 rings (SSSR count). The normalized spacial score (nSPS) is 28.8. The molecule has 16 heavy (non-hydrogen) atoms. The fourth-order valence-corrected chi connectivity index (χ4v) is 4.91. The first-order chi connectivity index (χ1) is 7.45. The third-order valence-corrected chi connectivity index (χ3v) is 5.92. The van der Waals surface area contributed by atoms with E-state index in [1.165, 1.54) is 11.3 Å². The van der Waals surface area contributed by atoms with E-state index in [-0.39, 0.29) is 11.5 Å². The molecule has 5 nitrogen and oxygen atoms in total. The van der Waals surface area contributed by atoms with Crippen molar-refractivity contribution in [3.05, 3.63) is 10.0 Å². The SMILES string of the molecule is CC1(c2nnc(C=O)s2)CCCS(=O)(=O)C1. The highest BCUT2D eigenvalue weighted by Crippen LogP contribution is 2.36. The van der Waals surface area contributed by atoms with Crippen molar-refractivity contribution in [3.63, 3.8) is 0 Å². The van der Waals surface area contributed by atoms with E-state index < -0.39 is 15.3 Å². The van der Waals surface area contributed by atoms with Crippen LogP contribution in [0.25, 0.3) is 0 Å². The van der Waals surface area contributed by atoms with Crippen LogP contribution in [0.15, 0.2) is 0 Å². The van der Waals surface area contributed by atoms with Gasteiger partial charge in [0, 0.05) is 5.41 Å². The topological polar surface area (TPSA) is 77.0 Å². The van der Waals surface area contributed by atoms with Crippen LogP contribution in [0.3, 0.4) is 0 Å². The summed E-state index contributed by atoms with van der Waals surface area (Å²) in [5.41, 5.74) is -0.476. The van der Waals surface area contributed by atoms with Gasteiger partial charge >= 0.3 is 0 Å². The lowest BCUT2D eigenvalue weighted by molar-refractivity contribution is 0.112. The molecule has 0 N–H and O–H groups in total. The number of rotatable bonds is 2. The molecule has 1 aromatic heterocycles. The maximum absolute atomic E-state index is 11.6. The molecule has 2 heterocycles. The molecule has 0 amide bonds. The fourth-order valence-electron chi connectivity index (χ4n) is 2.01. The van der Waals surface area contributed by atoms with Gasteiger partial charge in [0.2, 0.25) is 0 Å². The molecule has 0 saturated carbocycles. The van der Waals surface area contributed by atoms with Crippen molar-refractivity contribution in [1.82, 2.24) is 10.2 Å². The molecule has 1 unspecified atom stereocenters. The summed E-state index contributed by atoms with van der Waals surface area (Å²) in [4.78, 5) is 10.5. The highest BCUT2D eigenvalue weighted by Gasteiger charge is 2.39. The molecule has 88 valence electrons. The van der Waals surface area contributed by atoms with Gasteiger partial charge in [-0.3, -0.25) is 4.79 Å². The Morgan fingerprint density at radius 3 is 2.75 bits per heavy atom. The summed E-state index contributed by atoms with van der Waals surface area (Å²) in [5, 5.41) is 8.58. The molecule has 0 spiro atoms. The summed E-state index contributed by atoms with van der Waals surface area (Å²) in [6.07, 6.45) is 2.07. The molecule has 1 atom stereocenters. The average Bonchev–Trinajstić information content (AvgIpc) is 2.64. The lowest BCUT2D eigenvalue weighted by Crippen LogP contribution is -2.37. The standard InChI is InChI=1S/C9H12N2O3S2/c1-9(3-2-4-16(13,14)6-9)8-11-10-7(5-12)15-8/h5H,2-4,6H2,1H3. The van der Waals surface area contributed by atoms with Crippen molar-refractivity contribution in [1.29, 1.82) is 0 Å². The lowest BCUT2D eigenvalue weighted by atomic mass is 9.88. The largest absolute Gasteiger partial charge is 0.295 e. The van der Waals surface area contributed by atoms with Gasteiger partial charge in [-0.2, -0.15) is 0 Å². The number of aromatic nitrogens is 2. The summed E-state index contributed by atoms with van der Waals surface area (Å²) in [5.74, 6) is 0.357. The second-order valence-corrected chi connectivity index (χ2v) is 7.51. The summed E-state index contributed by atoms with van der Waals surface area (Å²) < 4.78 is 23.2. The average molecular weight is 260 g/mol. The smallest absolute Gasteiger partial charge is 0.180 e. The molecular weight excluding hydrogens is 248 g/mol. The molecule has 1 fully saturated rings. The minimum absolute atomic E-state index is 0.105. The lowest BCUT2D eigenvalue weighted by Gasteiger charge is -2.30. The van der Waals surface area contributed by atoms with Gasteiger partial charge < -0.3 is 0 Å². The minimum Gasteiger partial charge on any atom is -0.295 e. The highest BCUT2D eigenvalue weighted by molar-refractivity contribution is 7.91. The Hall–Kier alpha value is -0.820. The van der Waals surface area contributed by atoms with Gasteiger partial charge in [-0.25, -0.2) is 8.42 Å². The van der Waals surface area contributed by atoms with Gasteiger partial charge in [-0.05, 0) is 12.8 Å². The second kappa shape index (κ2) is 3.89. The number of hydrogen-bond acceptors (Lipinski definition) is 6. The van der Waals surface area contributed by atoms with Crippen LogP contribution in [0.4, 0.5) is 0 Å². The Morgan fingerprint density at radius 2 is 2.19 bits per heavy atom. The van der Waals surface area contributed by atoms with E-state index in [1.54, 1.807) is 0 Å². The van der Waals surface area contributed by atoms with Gasteiger partial charge in [-0.15, -0.1) is 10.2 Å². The Morgan fingerprint density at radius 1 is 1.44 bits per heavy atom. The second-order valence-electron chi connectivity index (χ2n) is 4.32. The number of carbonyl (C=O) groups is 1. The van der Waals surface area contributed by atoms with Crippen LogP contribution in [0.2, 0.25) is 0 Å². The van der Waals surface area contributed by atoms with Crippen LogP contribution in [0.5, 0.6) is 0 Å². The zero-order valence-electron chi connectivity index (χ0n) is 8.84. The van der Waals surface area contributed by atoms with Gasteiger partial charge in [-0.1, -0.05) is 18.3 Å². The van der Waals surface area contributed by atoms with Crippen LogP contribution in [-0.4, -0.2) is 36.4 Å². The van der Waals surface area contributed by atoms with Crippen molar-refractivity contribution >= 4 is 27.5 Å².